The molecule has 4 fully saturated rings. The molecule has 5 aliphatic rings. The highest BCUT2D eigenvalue weighted by atomic mass is 19.1. The van der Waals surface area contributed by atoms with E-state index < -0.39 is 5.82 Å². The zero-order valence-electron chi connectivity index (χ0n) is 25.9. The van der Waals surface area contributed by atoms with Crippen molar-refractivity contribution in [1.82, 2.24) is 25.2 Å². The van der Waals surface area contributed by atoms with Crippen molar-refractivity contribution in [2.75, 3.05) is 31.1 Å². The maximum Gasteiger partial charge on any atom is 0.319 e. The maximum atomic E-state index is 17.1. The average molecular weight is 615 g/mol. The Morgan fingerprint density at radius 3 is 2.65 bits per heavy atom. The first kappa shape index (κ1) is 27.8. The first-order valence-corrected chi connectivity index (χ1v) is 16.1. The van der Waals surface area contributed by atoms with Crippen LogP contribution in [0.4, 0.5) is 10.2 Å². The van der Waals surface area contributed by atoms with Crippen molar-refractivity contribution in [2.45, 2.75) is 62.4 Å². The number of rotatable bonds is 4. The predicted octanol–water partition coefficient (Wildman–Crippen LogP) is 5.39. The Morgan fingerprint density at radius 2 is 1.87 bits per heavy atom. The minimum Gasteiger partial charge on any atom is -0.472 e. The van der Waals surface area contributed by atoms with E-state index in [1.165, 1.54) is 11.1 Å². The third kappa shape index (κ3) is 4.03. The smallest absolute Gasteiger partial charge is 0.319 e. The van der Waals surface area contributed by atoms with Crippen LogP contribution in [0.5, 0.6) is 11.9 Å². The fourth-order valence-corrected chi connectivity index (χ4v) is 8.84. The molecule has 0 saturated carbocycles. The molecule has 2 bridgehead atoms. The van der Waals surface area contributed by atoms with E-state index in [9.17, 15) is 0 Å². The summed E-state index contributed by atoms with van der Waals surface area (Å²) < 4.78 is 30.3. The minimum absolute atomic E-state index is 0.0126. The number of anilines is 1. The van der Waals surface area contributed by atoms with Gasteiger partial charge in [0.15, 0.2) is 5.82 Å². The molecular formula is C37H35FN6O2. The molecule has 2 aromatic heterocycles. The van der Waals surface area contributed by atoms with Gasteiger partial charge in [-0.2, -0.15) is 9.97 Å². The summed E-state index contributed by atoms with van der Waals surface area (Å²) in [6, 6.07) is 12.1. The van der Waals surface area contributed by atoms with Gasteiger partial charge >= 0.3 is 6.01 Å². The lowest BCUT2D eigenvalue weighted by Gasteiger charge is -2.42. The number of fused-ring (bicyclic) bond motifs is 7. The van der Waals surface area contributed by atoms with E-state index in [2.05, 4.69) is 41.1 Å². The van der Waals surface area contributed by atoms with Crippen LogP contribution in [0, 0.1) is 18.2 Å². The van der Waals surface area contributed by atoms with Crippen LogP contribution in [-0.2, 0) is 0 Å². The van der Waals surface area contributed by atoms with E-state index in [1.54, 1.807) is 0 Å². The summed E-state index contributed by atoms with van der Waals surface area (Å²) >= 11 is 0. The van der Waals surface area contributed by atoms with Crippen LogP contribution in [0.15, 0.2) is 60.7 Å². The van der Waals surface area contributed by atoms with Gasteiger partial charge in [-0.1, -0.05) is 60.6 Å². The van der Waals surface area contributed by atoms with E-state index in [0.29, 0.717) is 40.9 Å². The maximum absolute atomic E-state index is 17.1. The van der Waals surface area contributed by atoms with Gasteiger partial charge in [-0.15, -0.1) is 6.42 Å². The number of halogens is 1. The van der Waals surface area contributed by atoms with Crippen LogP contribution < -0.4 is 19.7 Å². The second-order valence-electron chi connectivity index (χ2n) is 13.7. The quantitative estimate of drug-likeness (QED) is 0.242. The van der Waals surface area contributed by atoms with Crippen molar-refractivity contribution in [2.24, 2.45) is 0 Å². The standard InChI is InChI=1S/C37H35FN6O2/c1-5-23-8-6-9-24-10-7-11-26(28(23)24)31-30(38)32-29-34(44-18-25-12-13-27(39-25)33(44)22(4)46-35(29)40-31)42-36(41-32)45-19-37-14-20(2)16-43(37)17-21(3)15-37/h1,6-11,22,25,27,33,39H,2-3,12-19H2,4H3/t22-,25+,27-,33+/m0/s1. The zero-order chi connectivity index (χ0) is 31.3. The van der Waals surface area contributed by atoms with Crippen LogP contribution in [0.25, 0.3) is 32.9 Å². The molecule has 2 aromatic carbocycles. The van der Waals surface area contributed by atoms with E-state index >= 15 is 4.39 Å². The number of ether oxygens (including phenoxy) is 2. The number of hydrogen-bond donors (Lipinski definition) is 1. The highest BCUT2D eigenvalue weighted by molar-refractivity contribution is 6.03. The number of piperazine rings is 1. The number of nitrogens with zero attached hydrogens (tertiary/aromatic N) is 5. The van der Waals surface area contributed by atoms with Gasteiger partial charge in [0.1, 0.15) is 35.1 Å². The molecule has 5 aliphatic heterocycles. The molecule has 9 heteroatoms. The van der Waals surface area contributed by atoms with Crippen molar-refractivity contribution in [3.63, 3.8) is 0 Å². The van der Waals surface area contributed by atoms with Gasteiger partial charge in [-0.3, -0.25) is 4.90 Å². The number of benzene rings is 2. The van der Waals surface area contributed by atoms with Crippen LogP contribution >= 0.6 is 0 Å². The summed E-state index contributed by atoms with van der Waals surface area (Å²) in [6.07, 6.45) is 9.45. The summed E-state index contributed by atoms with van der Waals surface area (Å²) in [7, 11) is 0. The Balaban J connectivity index is 1.24. The summed E-state index contributed by atoms with van der Waals surface area (Å²) in [5.41, 5.74) is 3.65. The molecule has 232 valence electrons. The third-order valence-corrected chi connectivity index (χ3v) is 10.7. The highest BCUT2D eigenvalue weighted by Gasteiger charge is 2.49. The van der Waals surface area contributed by atoms with Gasteiger partial charge in [0.25, 0.3) is 0 Å². The van der Waals surface area contributed by atoms with Gasteiger partial charge in [-0.25, -0.2) is 9.37 Å². The normalized spacial score (nSPS) is 26.2. The molecule has 0 radical (unpaired) electrons. The van der Waals surface area contributed by atoms with E-state index in [0.717, 1.165) is 56.1 Å². The Bertz CT molecular complexity index is 2010. The molecule has 4 saturated heterocycles. The zero-order valence-corrected chi connectivity index (χ0v) is 25.9. The second kappa shape index (κ2) is 9.99. The molecule has 9 rings (SSSR count). The summed E-state index contributed by atoms with van der Waals surface area (Å²) in [6.45, 7) is 13.3. The molecule has 0 unspecified atom stereocenters. The summed E-state index contributed by atoms with van der Waals surface area (Å²) in [5, 5.41) is 5.91. The number of pyridine rings is 1. The van der Waals surface area contributed by atoms with E-state index in [-0.39, 0.29) is 40.9 Å². The molecule has 0 amide bonds. The molecule has 1 N–H and O–H groups in total. The summed E-state index contributed by atoms with van der Waals surface area (Å²) in [5.74, 6) is 3.16. The minimum atomic E-state index is -0.553. The SMILES string of the molecule is C#Cc1cccc2cccc(-c3nc4c5c(nc(OCC67CC(=C)CN6CC(=C)C7)nc5c3F)N3C[C@H]5CC[C@H](N5)[C@H]3[C@H](C)O4)c12. The van der Waals surface area contributed by atoms with Crippen LogP contribution in [0.3, 0.4) is 0 Å². The lowest BCUT2D eigenvalue weighted by atomic mass is 9.92. The second-order valence-corrected chi connectivity index (χ2v) is 13.7. The Hall–Kier alpha value is -4.52. The first-order chi connectivity index (χ1) is 22.3. The Labute approximate surface area is 267 Å². The van der Waals surface area contributed by atoms with Crippen molar-refractivity contribution >= 4 is 27.5 Å². The molecular weight excluding hydrogens is 579 g/mol. The van der Waals surface area contributed by atoms with Gasteiger partial charge < -0.3 is 19.7 Å². The number of aromatic nitrogens is 3. The molecule has 0 aliphatic carbocycles. The van der Waals surface area contributed by atoms with Crippen molar-refractivity contribution in [1.29, 1.82) is 0 Å². The topological polar surface area (TPSA) is 75.6 Å². The van der Waals surface area contributed by atoms with Gasteiger partial charge in [0.05, 0.1) is 11.6 Å². The van der Waals surface area contributed by atoms with Crippen LogP contribution in [0.1, 0.15) is 38.2 Å². The Morgan fingerprint density at radius 1 is 1.09 bits per heavy atom. The summed E-state index contributed by atoms with van der Waals surface area (Å²) in [4.78, 5) is 19.4. The third-order valence-electron chi connectivity index (χ3n) is 10.7. The molecule has 4 atom stereocenters. The van der Waals surface area contributed by atoms with E-state index in [1.807, 2.05) is 36.4 Å². The average Bonchev–Trinajstić information content (AvgIpc) is 3.64. The number of terminal acetylenes is 1. The monoisotopic (exact) mass is 614 g/mol. The highest BCUT2D eigenvalue weighted by Crippen LogP contribution is 2.46. The largest absolute Gasteiger partial charge is 0.472 e. The van der Waals surface area contributed by atoms with E-state index in [4.69, 9.17) is 30.8 Å². The van der Waals surface area contributed by atoms with Gasteiger partial charge in [-0.05, 0) is 44.1 Å². The fraction of sp³-hybridized carbons (Fsp3) is 0.378. The lowest BCUT2D eigenvalue weighted by Crippen LogP contribution is -2.62. The molecule has 0 spiro atoms. The first-order valence-electron chi connectivity index (χ1n) is 16.1. The van der Waals surface area contributed by atoms with Crippen molar-refractivity contribution < 1.29 is 13.9 Å². The predicted molar refractivity (Wildman–Crippen MR) is 177 cm³/mol. The molecule has 46 heavy (non-hydrogen) atoms. The number of hydrogen-bond acceptors (Lipinski definition) is 8. The van der Waals surface area contributed by atoms with Gasteiger partial charge in [0, 0.05) is 48.2 Å². The number of nitrogens with one attached hydrogen (secondary N) is 1. The van der Waals surface area contributed by atoms with Crippen LogP contribution in [0.2, 0.25) is 0 Å². The lowest BCUT2D eigenvalue weighted by molar-refractivity contribution is 0.108. The van der Waals surface area contributed by atoms with Gasteiger partial charge in [0.2, 0.25) is 5.88 Å². The fourth-order valence-electron chi connectivity index (χ4n) is 8.84. The van der Waals surface area contributed by atoms with Crippen molar-refractivity contribution in [3.05, 3.63) is 72.1 Å². The van der Waals surface area contributed by atoms with Crippen LogP contribution in [-0.4, -0.2) is 75.9 Å². The van der Waals surface area contributed by atoms with Crippen molar-refractivity contribution in [3.8, 4) is 35.5 Å². The molecule has 4 aromatic rings. The Kier molecular flexibility index (Phi) is 6.03. The molecule has 7 heterocycles. The molecule has 8 nitrogen and oxygen atoms in total.